The minimum absolute atomic E-state index is 0.0395. The molecular formula is C16H14F2N2. The fraction of sp³-hybridized carbons (Fsp3) is 0.188. The summed E-state index contributed by atoms with van der Waals surface area (Å²) in [6.07, 6.45) is 0. The topological polar surface area (TPSA) is 27.0 Å². The Hall–Kier alpha value is -2.41. The first-order chi connectivity index (χ1) is 9.63. The van der Waals surface area contributed by atoms with Crippen molar-refractivity contribution in [2.24, 2.45) is 0 Å². The zero-order valence-corrected chi connectivity index (χ0v) is 11.1. The van der Waals surface area contributed by atoms with E-state index in [1.807, 2.05) is 17.9 Å². The van der Waals surface area contributed by atoms with E-state index < -0.39 is 5.82 Å². The molecule has 0 saturated heterocycles. The number of nitriles is 1. The molecule has 0 bridgehead atoms. The van der Waals surface area contributed by atoms with Gasteiger partial charge in [0.25, 0.3) is 0 Å². The fourth-order valence-electron chi connectivity index (χ4n) is 2.01. The highest BCUT2D eigenvalue weighted by molar-refractivity contribution is 5.47. The van der Waals surface area contributed by atoms with Crippen LogP contribution in [0.1, 0.15) is 18.1 Å². The van der Waals surface area contributed by atoms with Crippen LogP contribution in [0.4, 0.5) is 14.5 Å². The van der Waals surface area contributed by atoms with E-state index in [2.05, 4.69) is 0 Å². The van der Waals surface area contributed by atoms with Gasteiger partial charge in [0.2, 0.25) is 0 Å². The average molecular weight is 272 g/mol. The summed E-state index contributed by atoms with van der Waals surface area (Å²) in [4.78, 5) is 2.02. The first-order valence-electron chi connectivity index (χ1n) is 6.33. The Morgan fingerprint density at radius 3 is 2.40 bits per heavy atom. The van der Waals surface area contributed by atoms with Gasteiger partial charge < -0.3 is 4.90 Å². The summed E-state index contributed by atoms with van der Waals surface area (Å²) in [5, 5.41) is 8.84. The SMILES string of the molecule is CCN(Cc1ccc(F)c(C#N)c1)c1ccc(F)cc1. The Bertz CT molecular complexity index is 630. The van der Waals surface area contributed by atoms with Crippen LogP contribution in [-0.4, -0.2) is 6.54 Å². The van der Waals surface area contributed by atoms with Crippen molar-refractivity contribution in [3.8, 4) is 6.07 Å². The lowest BCUT2D eigenvalue weighted by Crippen LogP contribution is -2.22. The predicted octanol–water partition coefficient (Wildman–Crippen LogP) is 3.86. The van der Waals surface area contributed by atoms with Crippen LogP contribution in [0.15, 0.2) is 42.5 Å². The van der Waals surface area contributed by atoms with Crippen molar-refractivity contribution in [3.63, 3.8) is 0 Å². The maximum atomic E-state index is 13.3. The van der Waals surface area contributed by atoms with Crippen LogP contribution in [0.25, 0.3) is 0 Å². The zero-order chi connectivity index (χ0) is 14.5. The molecule has 0 saturated carbocycles. The summed E-state index contributed by atoms with van der Waals surface area (Å²) in [7, 11) is 0. The van der Waals surface area contributed by atoms with E-state index in [1.54, 1.807) is 24.3 Å². The summed E-state index contributed by atoms with van der Waals surface area (Å²) in [6.45, 7) is 3.25. The molecule has 4 heteroatoms. The lowest BCUT2D eigenvalue weighted by molar-refractivity contribution is 0.622. The third-order valence-electron chi connectivity index (χ3n) is 3.10. The second-order valence-electron chi connectivity index (χ2n) is 4.42. The van der Waals surface area contributed by atoms with E-state index in [0.29, 0.717) is 6.54 Å². The van der Waals surface area contributed by atoms with E-state index in [0.717, 1.165) is 17.8 Å². The first kappa shape index (κ1) is 14.0. The van der Waals surface area contributed by atoms with Gasteiger partial charge >= 0.3 is 0 Å². The molecule has 2 rings (SSSR count). The Morgan fingerprint density at radius 2 is 1.80 bits per heavy atom. The highest BCUT2D eigenvalue weighted by Gasteiger charge is 2.08. The highest BCUT2D eigenvalue weighted by atomic mass is 19.1. The summed E-state index contributed by atoms with van der Waals surface area (Å²) < 4.78 is 26.2. The molecule has 0 radical (unpaired) electrons. The number of hydrogen-bond acceptors (Lipinski definition) is 2. The van der Waals surface area contributed by atoms with Gasteiger partial charge in [0.05, 0.1) is 5.56 Å². The standard InChI is InChI=1S/C16H14F2N2/c1-2-20(15-6-4-14(17)5-7-15)11-12-3-8-16(18)13(9-12)10-19/h3-9H,2,11H2,1H3. The van der Waals surface area contributed by atoms with Gasteiger partial charge in [0, 0.05) is 18.8 Å². The lowest BCUT2D eigenvalue weighted by Gasteiger charge is -2.23. The Labute approximate surface area is 116 Å². The van der Waals surface area contributed by atoms with Crippen LogP contribution in [0.3, 0.4) is 0 Å². The molecule has 0 amide bonds. The normalized spacial score (nSPS) is 10.1. The second kappa shape index (κ2) is 6.16. The number of benzene rings is 2. The van der Waals surface area contributed by atoms with E-state index in [9.17, 15) is 8.78 Å². The molecule has 0 N–H and O–H groups in total. The number of hydrogen-bond donors (Lipinski definition) is 0. The average Bonchev–Trinajstić information content (AvgIpc) is 2.47. The molecule has 2 aromatic rings. The Morgan fingerprint density at radius 1 is 1.10 bits per heavy atom. The first-order valence-corrected chi connectivity index (χ1v) is 6.33. The van der Waals surface area contributed by atoms with Crippen LogP contribution in [0, 0.1) is 23.0 Å². The van der Waals surface area contributed by atoms with Gasteiger partial charge in [-0.2, -0.15) is 5.26 Å². The maximum Gasteiger partial charge on any atom is 0.140 e. The molecule has 0 unspecified atom stereocenters. The molecule has 0 aliphatic rings. The number of anilines is 1. The molecule has 102 valence electrons. The van der Waals surface area contributed by atoms with Gasteiger partial charge in [-0.3, -0.25) is 0 Å². The number of nitrogens with zero attached hydrogens (tertiary/aromatic N) is 2. The van der Waals surface area contributed by atoms with E-state index >= 15 is 0 Å². The molecule has 0 heterocycles. The van der Waals surface area contributed by atoms with Gasteiger partial charge in [-0.05, 0) is 48.9 Å². The molecule has 2 aromatic carbocycles. The van der Waals surface area contributed by atoms with E-state index in [-0.39, 0.29) is 11.4 Å². The predicted molar refractivity (Wildman–Crippen MR) is 74.2 cm³/mol. The van der Waals surface area contributed by atoms with Crippen LogP contribution in [0.5, 0.6) is 0 Å². The summed E-state index contributed by atoms with van der Waals surface area (Å²) in [6, 6.07) is 12.5. The van der Waals surface area contributed by atoms with Crippen molar-refractivity contribution in [2.45, 2.75) is 13.5 Å². The quantitative estimate of drug-likeness (QED) is 0.845. The maximum absolute atomic E-state index is 13.3. The molecule has 0 spiro atoms. The van der Waals surface area contributed by atoms with Crippen molar-refractivity contribution in [1.29, 1.82) is 5.26 Å². The van der Waals surface area contributed by atoms with Gasteiger partial charge in [-0.1, -0.05) is 6.07 Å². The number of rotatable bonds is 4. The molecule has 20 heavy (non-hydrogen) atoms. The van der Waals surface area contributed by atoms with Crippen molar-refractivity contribution in [1.82, 2.24) is 0 Å². The van der Waals surface area contributed by atoms with Crippen LogP contribution >= 0.6 is 0 Å². The summed E-state index contributed by atoms with van der Waals surface area (Å²) >= 11 is 0. The third kappa shape index (κ3) is 3.12. The molecule has 0 aliphatic heterocycles. The van der Waals surface area contributed by atoms with Crippen molar-refractivity contribution >= 4 is 5.69 Å². The molecule has 0 aliphatic carbocycles. The van der Waals surface area contributed by atoms with Crippen molar-refractivity contribution in [3.05, 3.63) is 65.2 Å². The smallest absolute Gasteiger partial charge is 0.140 e. The van der Waals surface area contributed by atoms with E-state index in [4.69, 9.17) is 5.26 Å². The van der Waals surface area contributed by atoms with E-state index in [1.165, 1.54) is 18.2 Å². The number of halogens is 2. The van der Waals surface area contributed by atoms with Crippen molar-refractivity contribution in [2.75, 3.05) is 11.4 Å². The molecule has 2 nitrogen and oxygen atoms in total. The van der Waals surface area contributed by atoms with Crippen LogP contribution in [-0.2, 0) is 6.54 Å². The second-order valence-corrected chi connectivity index (χ2v) is 4.42. The Balaban J connectivity index is 2.22. The molecule has 0 aromatic heterocycles. The third-order valence-corrected chi connectivity index (χ3v) is 3.10. The fourth-order valence-corrected chi connectivity index (χ4v) is 2.01. The van der Waals surface area contributed by atoms with Crippen LogP contribution < -0.4 is 4.90 Å². The molecule has 0 fully saturated rings. The zero-order valence-electron chi connectivity index (χ0n) is 11.1. The molecule has 0 atom stereocenters. The van der Waals surface area contributed by atoms with Gasteiger partial charge in [0.15, 0.2) is 0 Å². The van der Waals surface area contributed by atoms with Gasteiger partial charge in [0.1, 0.15) is 17.7 Å². The minimum atomic E-state index is -0.513. The van der Waals surface area contributed by atoms with Crippen molar-refractivity contribution < 1.29 is 8.78 Å². The monoisotopic (exact) mass is 272 g/mol. The summed E-state index contributed by atoms with van der Waals surface area (Å²) in [5.74, 6) is -0.792. The van der Waals surface area contributed by atoms with Crippen LogP contribution in [0.2, 0.25) is 0 Å². The lowest BCUT2D eigenvalue weighted by atomic mass is 10.1. The van der Waals surface area contributed by atoms with Gasteiger partial charge in [-0.25, -0.2) is 8.78 Å². The molecular weight excluding hydrogens is 258 g/mol. The van der Waals surface area contributed by atoms with Gasteiger partial charge in [-0.15, -0.1) is 0 Å². The largest absolute Gasteiger partial charge is 0.367 e. The minimum Gasteiger partial charge on any atom is -0.367 e. The Kier molecular flexibility index (Phi) is 4.31. The highest BCUT2D eigenvalue weighted by Crippen LogP contribution is 2.19. The summed E-state index contributed by atoms with van der Waals surface area (Å²) in [5.41, 5.74) is 1.77.